The van der Waals surface area contributed by atoms with Crippen molar-refractivity contribution in [2.75, 3.05) is 26.2 Å². The Hall–Kier alpha value is -0.850. The van der Waals surface area contributed by atoms with Gasteiger partial charge in [-0.05, 0) is 26.2 Å². The molecule has 0 radical (unpaired) electrons. The molecule has 3 rings (SSSR count). The number of ether oxygens (including phenoxy) is 1. The summed E-state index contributed by atoms with van der Waals surface area (Å²) in [6.07, 6.45) is 6.43. The Labute approximate surface area is 150 Å². The average molecular weight is 360 g/mol. The monoisotopic (exact) mass is 359 g/mol. The highest BCUT2D eigenvalue weighted by Gasteiger charge is 2.34. The zero-order valence-electron chi connectivity index (χ0n) is 14.5. The molecule has 3 aliphatic rings. The maximum atomic E-state index is 12.6. The molecule has 2 saturated heterocycles. The highest BCUT2D eigenvalue weighted by Crippen LogP contribution is 2.26. The number of nitrogens with one attached hydrogen (secondary N) is 2. The van der Waals surface area contributed by atoms with E-state index < -0.39 is 0 Å². The molecule has 2 aliphatic heterocycles. The van der Waals surface area contributed by atoms with E-state index in [1.165, 1.54) is 19.3 Å². The van der Waals surface area contributed by atoms with Crippen molar-refractivity contribution in [2.24, 2.45) is 5.92 Å². The van der Waals surface area contributed by atoms with Gasteiger partial charge in [0.1, 0.15) is 6.04 Å². The van der Waals surface area contributed by atoms with Gasteiger partial charge in [-0.15, -0.1) is 12.4 Å². The summed E-state index contributed by atoms with van der Waals surface area (Å²) in [4.78, 5) is 26.9. The summed E-state index contributed by atoms with van der Waals surface area (Å²) < 4.78 is 5.53. The van der Waals surface area contributed by atoms with Crippen molar-refractivity contribution < 1.29 is 14.3 Å². The molecule has 24 heavy (non-hydrogen) atoms. The van der Waals surface area contributed by atoms with E-state index in [0.29, 0.717) is 25.6 Å². The van der Waals surface area contributed by atoms with E-state index in [0.717, 1.165) is 25.8 Å². The Bertz CT molecular complexity index is 443. The smallest absolute Gasteiger partial charge is 0.240 e. The van der Waals surface area contributed by atoms with Gasteiger partial charge in [0.2, 0.25) is 11.8 Å². The molecule has 0 aromatic carbocycles. The van der Waals surface area contributed by atoms with Crippen LogP contribution in [0.15, 0.2) is 0 Å². The van der Waals surface area contributed by atoms with Gasteiger partial charge in [0.15, 0.2) is 0 Å². The Kier molecular flexibility index (Phi) is 7.32. The van der Waals surface area contributed by atoms with E-state index in [4.69, 9.17) is 4.74 Å². The van der Waals surface area contributed by atoms with Crippen LogP contribution in [0.3, 0.4) is 0 Å². The van der Waals surface area contributed by atoms with Crippen LogP contribution >= 0.6 is 12.4 Å². The number of amides is 2. The van der Waals surface area contributed by atoms with Crippen molar-refractivity contribution in [3.05, 3.63) is 0 Å². The van der Waals surface area contributed by atoms with E-state index in [-0.39, 0.29) is 42.4 Å². The number of halogens is 1. The van der Waals surface area contributed by atoms with Crippen molar-refractivity contribution in [1.82, 2.24) is 15.5 Å². The van der Waals surface area contributed by atoms with Crippen molar-refractivity contribution in [3.8, 4) is 0 Å². The van der Waals surface area contributed by atoms with E-state index in [9.17, 15) is 9.59 Å². The Morgan fingerprint density at radius 2 is 1.92 bits per heavy atom. The van der Waals surface area contributed by atoms with Crippen molar-refractivity contribution in [3.63, 3.8) is 0 Å². The summed E-state index contributed by atoms with van der Waals surface area (Å²) in [5.74, 6) is 0.509. The molecule has 0 spiro atoms. The molecule has 138 valence electrons. The normalized spacial score (nSPS) is 31.4. The molecule has 7 heteroatoms. The molecule has 0 bridgehead atoms. The topological polar surface area (TPSA) is 70.7 Å². The van der Waals surface area contributed by atoms with Crippen molar-refractivity contribution in [2.45, 2.75) is 63.6 Å². The fraction of sp³-hybridized carbons (Fsp3) is 0.882. The molecule has 0 aromatic heterocycles. The third-order valence-electron chi connectivity index (χ3n) is 5.40. The summed E-state index contributed by atoms with van der Waals surface area (Å²) in [7, 11) is 0. The third-order valence-corrected chi connectivity index (χ3v) is 5.40. The highest BCUT2D eigenvalue weighted by molar-refractivity contribution is 5.85. The van der Waals surface area contributed by atoms with Gasteiger partial charge >= 0.3 is 0 Å². The number of carbonyl (C=O) groups is 2. The Balaban J connectivity index is 0.00000208. The van der Waals surface area contributed by atoms with Crippen molar-refractivity contribution in [1.29, 1.82) is 0 Å². The minimum atomic E-state index is -0.285. The van der Waals surface area contributed by atoms with Crippen LogP contribution in [0.1, 0.15) is 45.4 Å². The Morgan fingerprint density at radius 1 is 1.17 bits per heavy atom. The lowest BCUT2D eigenvalue weighted by molar-refractivity contribution is -0.136. The zero-order valence-corrected chi connectivity index (χ0v) is 15.3. The van der Waals surface area contributed by atoms with E-state index in [1.54, 1.807) is 0 Å². The second-order valence-electron chi connectivity index (χ2n) is 7.12. The molecule has 3 atom stereocenters. The van der Waals surface area contributed by atoms with Gasteiger partial charge in [-0.1, -0.05) is 19.3 Å². The van der Waals surface area contributed by atoms with E-state index in [1.807, 2.05) is 11.8 Å². The van der Waals surface area contributed by atoms with Gasteiger partial charge in [-0.25, -0.2) is 0 Å². The van der Waals surface area contributed by atoms with Gasteiger partial charge in [0, 0.05) is 31.6 Å². The molecule has 1 unspecified atom stereocenters. The fourth-order valence-electron chi connectivity index (χ4n) is 4.00. The highest BCUT2D eigenvalue weighted by atomic mass is 35.5. The predicted molar refractivity (Wildman–Crippen MR) is 94.2 cm³/mol. The molecular formula is C17H30ClN3O3. The zero-order chi connectivity index (χ0) is 16.2. The summed E-state index contributed by atoms with van der Waals surface area (Å²) in [6.45, 7) is 4.70. The quantitative estimate of drug-likeness (QED) is 0.791. The molecule has 6 nitrogen and oxygen atoms in total. The van der Waals surface area contributed by atoms with Crippen LogP contribution in [-0.4, -0.2) is 61.1 Å². The molecule has 2 heterocycles. The van der Waals surface area contributed by atoms with Crippen LogP contribution in [0.5, 0.6) is 0 Å². The van der Waals surface area contributed by atoms with Gasteiger partial charge in [0.05, 0.1) is 12.7 Å². The number of rotatable bonds is 3. The molecule has 3 fully saturated rings. The summed E-state index contributed by atoms with van der Waals surface area (Å²) in [6, 6.07) is -0.210. The lowest BCUT2D eigenvalue weighted by Crippen LogP contribution is -2.57. The number of hydrogen-bond donors (Lipinski definition) is 2. The van der Waals surface area contributed by atoms with Gasteiger partial charge < -0.3 is 20.3 Å². The first-order chi connectivity index (χ1) is 11.1. The summed E-state index contributed by atoms with van der Waals surface area (Å²) >= 11 is 0. The standard InChI is InChI=1S/C17H29N3O3.ClH/c1-12-15(18-8-10-23-12)16(21)19-14-7-9-20(11-14)17(22)13-5-3-2-4-6-13;/h12-15,18H,2-11H2,1H3,(H,19,21);1H/t12-,14?,15+;/m1./s1. The minimum absolute atomic E-state index is 0. The van der Waals surface area contributed by atoms with Gasteiger partial charge in [-0.3, -0.25) is 9.59 Å². The number of likely N-dealkylation sites (tertiary alicyclic amines) is 1. The first kappa shape index (κ1) is 19.5. The van der Waals surface area contributed by atoms with Crippen LogP contribution in [0.25, 0.3) is 0 Å². The summed E-state index contributed by atoms with van der Waals surface area (Å²) in [5.41, 5.74) is 0. The lowest BCUT2D eigenvalue weighted by Gasteiger charge is -2.30. The second kappa shape index (κ2) is 9.02. The first-order valence-corrected chi connectivity index (χ1v) is 9.09. The van der Waals surface area contributed by atoms with Crippen LogP contribution in [0.2, 0.25) is 0 Å². The largest absolute Gasteiger partial charge is 0.375 e. The van der Waals surface area contributed by atoms with Gasteiger partial charge in [0.25, 0.3) is 0 Å². The van der Waals surface area contributed by atoms with Gasteiger partial charge in [-0.2, -0.15) is 0 Å². The number of hydrogen-bond acceptors (Lipinski definition) is 4. The lowest BCUT2D eigenvalue weighted by atomic mass is 9.88. The molecular weight excluding hydrogens is 330 g/mol. The number of morpholine rings is 1. The van der Waals surface area contributed by atoms with Crippen LogP contribution < -0.4 is 10.6 Å². The molecule has 0 aromatic rings. The maximum absolute atomic E-state index is 12.6. The van der Waals surface area contributed by atoms with E-state index in [2.05, 4.69) is 10.6 Å². The average Bonchev–Trinajstić information content (AvgIpc) is 3.03. The molecule has 2 N–H and O–H groups in total. The molecule has 1 aliphatic carbocycles. The Morgan fingerprint density at radius 3 is 2.62 bits per heavy atom. The maximum Gasteiger partial charge on any atom is 0.240 e. The minimum Gasteiger partial charge on any atom is -0.375 e. The van der Waals surface area contributed by atoms with Crippen molar-refractivity contribution >= 4 is 24.2 Å². The third kappa shape index (κ3) is 4.61. The number of carbonyl (C=O) groups excluding carboxylic acids is 2. The second-order valence-corrected chi connectivity index (χ2v) is 7.12. The first-order valence-electron chi connectivity index (χ1n) is 9.09. The van der Waals surface area contributed by atoms with E-state index >= 15 is 0 Å². The number of nitrogens with zero attached hydrogens (tertiary/aromatic N) is 1. The molecule has 1 saturated carbocycles. The van der Waals surface area contributed by atoms with Crippen LogP contribution in [0.4, 0.5) is 0 Å². The van der Waals surface area contributed by atoms with Crippen LogP contribution in [0, 0.1) is 5.92 Å². The summed E-state index contributed by atoms with van der Waals surface area (Å²) in [5, 5.41) is 6.30. The van der Waals surface area contributed by atoms with Crippen LogP contribution in [-0.2, 0) is 14.3 Å². The SMILES string of the molecule is C[C@H]1OCCN[C@@H]1C(=O)NC1CCN(C(=O)C2CCCCC2)C1.Cl. The predicted octanol–water partition coefficient (Wildman–Crippen LogP) is 1.08. The fourth-order valence-corrected chi connectivity index (χ4v) is 4.00. The molecule has 2 amide bonds.